The van der Waals surface area contributed by atoms with Crippen LogP contribution in [-0.2, 0) is 38.1 Å². The van der Waals surface area contributed by atoms with Crippen LogP contribution in [0.25, 0.3) is 0 Å². The van der Waals surface area contributed by atoms with Crippen molar-refractivity contribution >= 4 is 32.0 Å². The second-order valence-electron chi connectivity index (χ2n) is 14.6. The summed E-state index contributed by atoms with van der Waals surface area (Å²) >= 11 is 0. The van der Waals surface area contributed by atoms with Gasteiger partial charge in [0.15, 0.2) is 6.61 Å². The molecule has 0 saturated heterocycles. The molecule has 0 bridgehead atoms. The summed E-state index contributed by atoms with van der Waals surface area (Å²) in [7, 11) is -1.59. The van der Waals surface area contributed by atoms with E-state index in [2.05, 4.69) is 43.0 Å². The van der Waals surface area contributed by atoms with Gasteiger partial charge in [-0.1, -0.05) is 40.4 Å². The van der Waals surface area contributed by atoms with Crippen LogP contribution in [0, 0.1) is 17.3 Å². The van der Waals surface area contributed by atoms with Gasteiger partial charge in [0.2, 0.25) is 0 Å². The molecule has 0 aliphatic heterocycles. The molecule has 0 aromatic rings. The fourth-order valence-corrected chi connectivity index (χ4v) is 5.65. The number of alkyl halides is 10. The highest BCUT2D eigenvalue weighted by molar-refractivity contribution is 6.79. The van der Waals surface area contributed by atoms with Gasteiger partial charge in [0, 0.05) is 27.8 Å². The summed E-state index contributed by atoms with van der Waals surface area (Å²) in [5.41, 5.74) is -3.65. The van der Waals surface area contributed by atoms with Crippen LogP contribution < -0.4 is 0 Å². The lowest BCUT2D eigenvalue weighted by atomic mass is 9.74. The van der Waals surface area contributed by atoms with E-state index in [0.29, 0.717) is 19.8 Å². The number of carbonyl (C=O) groups is 4. The van der Waals surface area contributed by atoms with Crippen LogP contribution in [0.2, 0.25) is 24.7 Å². The van der Waals surface area contributed by atoms with Gasteiger partial charge in [0.1, 0.15) is 5.60 Å². The predicted molar refractivity (Wildman–Crippen MR) is 157 cm³/mol. The fourth-order valence-electron chi connectivity index (χ4n) is 4.73. The van der Waals surface area contributed by atoms with Crippen LogP contribution in [0.3, 0.4) is 0 Å². The molecule has 8 nitrogen and oxygen atoms in total. The first kappa shape index (κ1) is 46.4. The van der Waals surface area contributed by atoms with Crippen molar-refractivity contribution in [2.45, 2.75) is 135 Å². The largest absolute Gasteiger partial charge is 0.465 e. The van der Waals surface area contributed by atoms with E-state index < -0.39 is 105 Å². The van der Waals surface area contributed by atoms with E-state index in [-0.39, 0.29) is 11.6 Å². The van der Waals surface area contributed by atoms with Crippen molar-refractivity contribution < 1.29 is 82.0 Å². The predicted octanol–water partition coefficient (Wildman–Crippen LogP) is 8.29. The summed E-state index contributed by atoms with van der Waals surface area (Å²) in [6.07, 6.45) is -21.7. The van der Waals surface area contributed by atoms with Crippen LogP contribution in [0.15, 0.2) is 0 Å². The van der Waals surface area contributed by atoms with Gasteiger partial charge in [-0.3, -0.25) is 19.2 Å². The van der Waals surface area contributed by atoms with E-state index in [1.165, 1.54) is 13.8 Å². The molecule has 49 heavy (non-hydrogen) atoms. The average molecular weight is 753 g/mol. The molecule has 0 saturated carbocycles. The minimum Gasteiger partial charge on any atom is -0.465 e. The summed E-state index contributed by atoms with van der Waals surface area (Å²) in [6, 6.07) is 0. The number of hydrogen-bond donors (Lipinski definition) is 0. The molecule has 0 heterocycles. The molecule has 3 unspecified atom stereocenters. The van der Waals surface area contributed by atoms with Crippen LogP contribution in [0.1, 0.15) is 74.1 Å². The van der Waals surface area contributed by atoms with Gasteiger partial charge in [0.05, 0.1) is 23.9 Å². The van der Waals surface area contributed by atoms with E-state index in [9.17, 15) is 63.1 Å². The molecule has 0 spiro atoms. The summed E-state index contributed by atoms with van der Waals surface area (Å²) < 4.78 is 150. The summed E-state index contributed by atoms with van der Waals surface area (Å²) in [5, 5.41) is -0.0101. The lowest BCUT2D eigenvalue weighted by Crippen LogP contribution is -2.48. The minimum atomic E-state index is -6.16. The van der Waals surface area contributed by atoms with E-state index in [0.717, 1.165) is 13.8 Å². The zero-order valence-electron chi connectivity index (χ0n) is 29.1. The topological polar surface area (TPSA) is 105 Å². The molecular formula is C30H46F10O8Si. The quantitative estimate of drug-likeness (QED) is 0.0453. The maximum absolute atomic E-state index is 13.5. The number of esters is 4. The second kappa shape index (κ2) is 16.6. The zero-order valence-corrected chi connectivity index (χ0v) is 30.1. The Balaban J connectivity index is 6.45. The lowest BCUT2D eigenvalue weighted by Gasteiger charge is -2.39. The Hall–Kier alpha value is -2.60. The van der Waals surface area contributed by atoms with Gasteiger partial charge < -0.3 is 18.9 Å². The van der Waals surface area contributed by atoms with Crippen LogP contribution in [0.5, 0.6) is 0 Å². The van der Waals surface area contributed by atoms with Crippen LogP contribution in [-0.4, -0.2) is 81.6 Å². The molecule has 0 aliphatic rings. The minimum absolute atomic E-state index is 0.0101. The molecule has 0 aliphatic carbocycles. The first-order valence-corrected chi connectivity index (χ1v) is 18.6. The smallest absolute Gasteiger partial charge is 0.434 e. The molecule has 0 aromatic heterocycles. The van der Waals surface area contributed by atoms with Crippen molar-refractivity contribution in [1.82, 2.24) is 0 Å². The molecule has 0 radical (unpaired) electrons. The third-order valence-electron chi connectivity index (χ3n) is 8.45. The first-order chi connectivity index (χ1) is 21.6. The normalized spacial score (nSPS) is 16.1. The van der Waals surface area contributed by atoms with Crippen molar-refractivity contribution in [2.75, 3.05) is 13.2 Å². The maximum atomic E-state index is 13.5. The van der Waals surface area contributed by atoms with Gasteiger partial charge >= 0.3 is 48.6 Å². The summed E-state index contributed by atoms with van der Waals surface area (Å²) in [6.45, 7) is 13.6. The van der Waals surface area contributed by atoms with E-state index >= 15 is 0 Å². The van der Waals surface area contributed by atoms with Crippen LogP contribution >= 0.6 is 0 Å². The number of rotatable bonds is 18. The molecule has 0 N–H and O–H groups in total. The monoisotopic (exact) mass is 752 g/mol. The molecule has 19 heteroatoms. The molecule has 0 fully saturated rings. The Labute approximate surface area is 279 Å². The highest BCUT2D eigenvalue weighted by Gasteiger charge is 2.60. The number of carbonyl (C=O) groups excluding carboxylic acids is 4. The standard InChI is InChI=1S/C30H46F10O8Si/c1-17(20(42)47-22(29(35,36)37)30(38,39)40)19(21(43)46-16-28(33,34)23(31)32)14-27(7,48-18(2)41)15-25(3,4)24(44)45-13-11-12-26(5,6)49(8,9)10/h17,19,22-23H,11-16H2,1-10H3. The zero-order chi connectivity index (χ0) is 39.2. The van der Waals surface area contributed by atoms with E-state index in [1.54, 1.807) is 0 Å². The number of hydrogen-bond acceptors (Lipinski definition) is 8. The average Bonchev–Trinajstić information content (AvgIpc) is 2.87. The van der Waals surface area contributed by atoms with Gasteiger partial charge in [-0.25, -0.2) is 8.78 Å². The fraction of sp³-hybridized carbons (Fsp3) is 0.867. The van der Waals surface area contributed by atoms with E-state index in [4.69, 9.17) is 9.47 Å². The van der Waals surface area contributed by atoms with Crippen molar-refractivity contribution in [2.24, 2.45) is 17.3 Å². The Bertz CT molecular complexity index is 1140. The SMILES string of the molecule is CC(=O)OC(C)(CC(C(=O)OCC(F)(F)C(F)F)C(C)C(=O)OC(C(F)(F)F)C(F)(F)F)CC(C)(C)C(=O)OCCCC(C)(C)[Si](C)(C)C. The Morgan fingerprint density at radius 1 is 0.776 bits per heavy atom. The molecular weight excluding hydrogens is 706 g/mol. The molecule has 0 rings (SSSR count). The number of halogens is 10. The summed E-state index contributed by atoms with van der Waals surface area (Å²) in [5.74, 6) is -15.7. The highest BCUT2D eigenvalue weighted by atomic mass is 28.3. The maximum Gasteiger partial charge on any atom is 0.434 e. The molecule has 0 aromatic carbocycles. The van der Waals surface area contributed by atoms with Gasteiger partial charge in [0.25, 0.3) is 6.10 Å². The third kappa shape index (κ3) is 14.6. The summed E-state index contributed by atoms with van der Waals surface area (Å²) in [4.78, 5) is 50.7. The van der Waals surface area contributed by atoms with E-state index in [1.807, 2.05) is 0 Å². The van der Waals surface area contributed by atoms with Crippen LogP contribution in [0.4, 0.5) is 43.9 Å². The molecule has 0 amide bonds. The van der Waals surface area contributed by atoms with Crippen molar-refractivity contribution in [3.63, 3.8) is 0 Å². The van der Waals surface area contributed by atoms with Gasteiger partial charge in [-0.05, 0) is 38.7 Å². The number of ether oxygens (including phenoxy) is 4. The van der Waals surface area contributed by atoms with Gasteiger partial charge in [-0.2, -0.15) is 35.1 Å². The molecule has 3 atom stereocenters. The molecule has 288 valence electrons. The highest BCUT2D eigenvalue weighted by Crippen LogP contribution is 2.42. The third-order valence-corrected chi connectivity index (χ3v) is 12.8. The van der Waals surface area contributed by atoms with Crippen molar-refractivity contribution in [1.29, 1.82) is 0 Å². The lowest BCUT2D eigenvalue weighted by molar-refractivity contribution is -0.314. The van der Waals surface area contributed by atoms with Crippen molar-refractivity contribution in [3.8, 4) is 0 Å². The Kier molecular flexibility index (Phi) is 15.7. The Morgan fingerprint density at radius 3 is 1.67 bits per heavy atom. The second-order valence-corrected chi connectivity index (χ2v) is 20.5. The van der Waals surface area contributed by atoms with Crippen molar-refractivity contribution in [3.05, 3.63) is 0 Å². The first-order valence-electron chi connectivity index (χ1n) is 15.1. The van der Waals surface area contributed by atoms with Gasteiger partial charge in [-0.15, -0.1) is 0 Å². The Morgan fingerprint density at radius 2 is 1.27 bits per heavy atom.